The predicted molar refractivity (Wildman–Crippen MR) is 105 cm³/mol. The number of phenols is 1. The van der Waals surface area contributed by atoms with Crippen LogP contribution in [0.4, 0.5) is 0 Å². The SMILES string of the molecule is Cc1c(O)ccc2c(COC(=O)CC34CC5CC(CC(O)(C5)C3)C4)cc(=O)oc12. The zero-order valence-corrected chi connectivity index (χ0v) is 16.6. The molecule has 154 valence electrons. The number of aryl methyl sites for hydroxylation is 1. The highest BCUT2D eigenvalue weighted by Gasteiger charge is 2.57. The second-order valence-electron chi connectivity index (χ2n) is 9.70. The standard InChI is InChI=1S/C23H26O6/c1-13-18(24)3-2-17-16(5-19(25)29-21(13)17)11-28-20(26)10-22-6-14-4-15(7-22)9-23(27,8-14)12-22/h2-3,5,14-15,24,27H,4,6-12H2,1H3. The van der Waals surface area contributed by atoms with Crippen LogP contribution in [-0.2, 0) is 16.1 Å². The van der Waals surface area contributed by atoms with Crippen molar-refractivity contribution in [2.45, 2.75) is 64.1 Å². The van der Waals surface area contributed by atoms with Crippen molar-refractivity contribution >= 4 is 16.9 Å². The number of fused-ring (bicyclic) bond motifs is 1. The van der Waals surface area contributed by atoms with Crippen molar-refractivity contribution in [3.05, 3.63) is 39.7 Å². The highest BCUT2D eigenvalue weighted by Crippen LogP contribution is 2.62. The zero-order chi connectivity index (χ0) is 20.4. The summed E-state index contributed by atoms with van der Waals surface area (Å²) in [5, 5.41) is 21.4. The average Bonchev–Trinajstić information content (AvgIpc) is 2.60. The number of aromatic hydroxyl groups is 1. The first kappa shape index (κ1) is 18.7. The maximum atomic E-state index is 12.7. The summed E-state index contributed by atoms with van der Waals surface area (Å²) in [6, 6.07) is 4.54. The first-order chi connectivity index (χ1) is 13.7. The van der Waals surface area contributed by atoms with Crippen LogP contribution < -0.4 is 5.63 Å². The second-order valence-corrected chi connectivity index (χ2v) is 9.70. The molecular weight excluding hydrogens is 372 g/mol. The Morgan fingerprint density at radius 3 is 2.66 bits per heavy atom. The maximum absolute atomic E-state index is 12.7. The molecule has 4 aliphatic carbocycles. The molecule has 1 aromatic heterocycles. The molecule has 0 saturated heterocycles. The molecule has 6 rings (SSSR count). The van der Waals surface area contributed by atoms with E-state index in [-0.39, 0.29) is 23.7 Å². The lowest BCUT2D eigenvalue weighted by Crippen LogP contribution is -2.56. The van der Waals surface area contributed by atoms with Gasteiger partial charge in [-0.25, -0.2) is 4.79 Å². The molecule has 4 aliphatic rings. The quantitative estimate of drug-likeness (QED) is 0.604. The number of hydrogen-bond donors (Lipinski definition) is 2. The van der Waals surface area contributed by atoms with Crippen LogP contribution in [0.15, 0.2) is 27.4 Å². The van der Waals surface area contributed by atoms with Crippen molar-refractivity contribution < 1.29 is 24.2 Å². The summed E-state index contributed by atoms with van der Waals surface area (Å²) in [4.78, 5) is 24.6. The minimum Gasteiger partial charge on any atom is -0.508 e. The average molecular weight is 398 g/mol. The van der Waals surface area contributed by atoms with Gasteiger partial charge in [0.05, 0.1) is 12.0 Å². The molecule has 0 aliphatic heterocycles. The molecule has 6 heteroatoms. The molecule has 4 saturated carbocycles. The first-order valence-corrected chi connectivity index (χ1v) is 10.4. The Balaban J connectivity index is 1.33. The molecule has 0 spiro atoms. The number of phenolic OH excluding ortho intramolecular Hbond substituents is 1. The van der Waals surface area contributed by atoms with Crippen LogP contribution in [0.1, 0.15) is 56.1 Å². The van der Waals surface area contributed by atoms with Crippen molar-refractivity contribution in [1.29, 1.82) is 0 Å². The van der Waals surface area contributed by atoms with Crippen LogP contribution in [-0.4, -0.2) is 21.8 Å². The van der Waals surface area contributed by atoms with E-state index in [4.69, 9.17) is 9.15 Å². The Morgan fingerprint density at radius 1 is 1.24 bits per heavy atom. The Bertz CT molecular complexity index is 1040. The summed E-state index contributed by atoms with van der Waals surface area (Å²) in [7, 11) is 0. The third kappa shape index (κ3) is 3.23. The van der Waals surface area contributed by atoms with E-state index in [9.17, 15) is 19.8 Å². The van der Waals surface area contributed by atoms with Crippen molar-refractivity contribution in [2.75, 3.05) is 0 Å². The van der Waals surface area contributed by atoms with Crippen LogP contribution in [0.3, 0.4) is 0 Å². The van der Waals surface area contributed by atoms with Gasteiger partial charge in [0.15, 0.2) is 0 Å². The van der Waals surface area contributed by atoms with Gasteiger partial charge in [0.2, 0.25) is 0 Å². The Labute approximate surface area is 168 Å². The maximum Gasteiger partial charge on any atom is 0.336 e. The largest absolute Gasteiger partial charge is 0.508 e. The van der Waals surface area contributed by atoms with E-state index in [2.05, 4.69) is 0 Å². The Morgan fingerprint density at radius 2 is 1.97 bits per heavy atom. The minimum absolute atomic E-state index is 0.0155. The first-order valence-electron chi connectivity index (χ1n) is 10.4. The van der Waals surface area contributed by atoms with Gasteiger partial charge in [-0.15, -0.1) is 0 Å². The van der Waals surface area contributed by atoms with E-state index in [1.165, 1.54) is 12.5 Å². The van der Waals surface area contributed by atoms with Gasteiger partial charge in [-0.1, -0.05) is 0 Å². The molecule has 2 N–H and O–H groups in total. The van der Waals surface area contributed by atoms with Gasteiger partial charge in [-0.2, -0.15) is 0 Å². The molecular formula is C23H26O6. The van der Waals surface area contributed by atoms with Crippen LogP contribution in [0, 0.1) is 24.2 Å². The molecule has 1 aromatic carbocycles. The van der Waals surface area contributed by atoms with E-state index >= 15 is 0 Å². The van der Waals surface area contributed by atoms with Gasteiger partial charge in [-0.05, 0) is 74.8 Å². The fraction of sp³-hybridized carbons (Fsp3) is 0.565. The zero-order valence-electron chi connectivity index (χ0n) is 16.6. The van der Waals surface area contributed by atoms with E-state index in [0.29, 0.717) is 46.8 Å². The lowest BCUT2D eigenvalue weighted by atomic mass is 9.47. The van der Waals surface area contributed by atoms with E-state index in [0.717, 1.165) is 25.7 Å². The summed E-state index contributed by atoms with van der Waals surface area (Å²) < 4.78 is 10.8. The highest BCUT2D eigenvalue weighted by atomic mass is 16.5. The molecule has 6 nitrogen and oxygen atoms in total. The number of esters is 1. The van der Waals surface area contributed by atoms with Gasteiger partial charge >= 0.3 is 11.6 Å². The van der Waals surface area contributed by atoms with Crippen molar-refractivity contribution in [3.63, 3.8) is 0 Å². The highest BCUT2D eigenvalue weighted by molar-refractivity contribution is 5.85. The number of rotatable bonds is 4. The van der Waals surface area contributed by atoms with Crippen molar-refractivity contribution in [1.82, 2.24) is 0 Å². The molecule has 2 aromatic rings. The third-order valence-electron chi connectivity index (χ3n) is 7.28. The summed E-state index contributed by atoms with van der Waals surface area (Å²) in [5.41, 5.74) is 0.0769. The van der Waals surface area contributed by atoms with Crippen LogP contribution in [0.5, 0.6) is 5.75 Å². The summed E-state index contributed by atoms with van der Waals surface area (Å²) in [6.07, 6.45) is 5.93. The second kappa shape index (κ2) is 6.33. The van der Waals surface area contributed by atoms with Gasteiger partial charge in [0, 0.05) is 22.6 Å². The monoisotopic (exact) mass is 398 g/mol. The third-order valence-corrected chi connectivity index (χ3v) is 7.28. The molecule has 4 bridgehead atoms. The smallest absolute Gasteiger partial charge is 0.336 e. The van der Waals surface area contributed by atoms with Crippen molar-refractivity contribution in [3.8, 4) is 5.75 Å². The number of ether oxygens (including phenoxy) is 1. The predicted octanol–water partition coefficient (Wildman–Crippen LogP) is 3.57. The van der Waals surface area contributed by atoms with E-state index < -0.39 is 11.2 Å². The molecule has 1 heterocycles. The summed E-state index contributed by atoms with van der Waals surface area (Å²) >= 11 is 0. The molecule has 2 unspecified atom stereocenters. The topological polar surface area (TPSA) is 97.0 Å². The molecule has 0 amide bonds. The van der Waals surface area contributed by atoms with Gasteiger partial charge < -0.3 is 19.4 Å². The van der Waals surface area contributed by atoms with Crippen molar-refractivity contribution in [2.24, 2.45) is 17.3 Å². The lowest BCUT2D eigenvalue weighted by Gasteiger charge is -2.60. The Hall–Kier alpha value is -2.34. The van der Waals surface area contributed by atoms with E-state index in [1.54, 1.807) is 19.1 Å². The minimum atomic E-state index is -0.599. The number of carbonyl (C=O) groups excluding carboxylic acids is 1. The normalized spacial score (nSPS) is 32.6. The molecule has 2 atom stereocenters. The number of carbonyl (C=O) groups is 1. The summed E-state index contributed by atoms with van der Waals surface area (Å²) in [6.45, 7) is 1.66. The van der Waals surface area contributed by atoms with E-state index in [1.807, 2.05) is 0 Å². The summed E-state index contributed by atoms with van der Waals surface area (Å²) in [5.74, 6) is 0.807. The molecule has 29 heavy (non-hydrogen) atoms. The number of aliphatic hydroxyl groups is 1. The van der Waals surface area contributed by atoms with Gasteiger partial charge in [0.1, 0.15) is 17.9 Å². The lowest BCUT2D eigenvalue weighted by molar-refractivity contribution is -0.177. The van der Waals surface area contributed by atoms with Gasteiger partial charge in [0.25, 0.3) is 0 Å². The molecule has 0 radical (unpaired) electrons. The molecule has 4 fully saturated rings. The fourth-order valence-electron chi connectivity index (χ4n) is 6.66. The van der Waals surface area contributed by atoms with Crippen LogP contribution in [0.2, 0.25) is 0 Å². The van der Waals surface area contributed by atoms with Crippen LogP contribution >= 0.6 is 0 Å². The number of hydrogen-bond acceptors (Lipinski definition) is 6. The number of benzene rings is 1. The van der Waals surface area contributed by atoms with Gasteiger partial charge in [-0.3, -0.25) is 4.79 Å². The fourth-order valence-corrected chi connectivity index (χ4v) is 6.66. The van der Waals surface area contributed by atoms with Crippen LogP contribution in [0.25, 0.3) is 11.0 Å². The Kier molecular flexibility index (Phi) is 4.07.